The molecule has 2 aromatic carbocycles. The van der Waals surface area contributed by atoms with Crippen molar-refractivity contribution in [3.63, 3.8) is 0 Å². The van der Waals surface area contributed by atoms with Gasteiger partial charge in [-0.3, -0.25) is 14.9 Å². The van der Waals surface area contributed by atoms with Gasteiger partial charge in [0, 0.05) is 42.0 Å². The largest absolute Gasteiger partial charge is 0.337 e. The van der Waals surface area contributed by atoms with Crippen molar-refractivity contribution in [3.8, 4) is 33.8 Å². The fraction of sp³-hybridized carbons (Fsp3) is 0.182. The Morgan fingerprint density at radius 1 is 0.956 bits per heavy atom. The van der Waals surface area contributed by atoms with Crippen molar-refractivity contribution in [1.29, 1.82) is 0 Å². The fourth-order valence-corrected chi connectivity index (χ4v) is 4.65. The summed E-state index contributed by atoms with van der Waals surface area (Å²) in [5.74, 6) is 0.213. The number of pyridine rings is 2. The van der Waals surface area contributed by atoms with Crippen LogP contribution >= 0.6 is 0 Å². The van der Waals surface area contributed by atoms with Gasteiger partial charge in [-0.1, -0.05) is 32.9 Å². The first-order valence-corrected chi connectivity index (χ1v) is 14.1. The van der Waals surface area contributed by atoms with E-state index in [1.54, 1.807) is 25.5 Å². The Morgan fingerprint density at radius 2 is 1.71 bits per heavy atom. The highest BCUT2D eigenvalue weighted by Gasteiger charge is 2.17. The zero-order valence-corrected chi connectivity index (χ0v) is 25.6. The molecule has 4 N–H and O–H groups in total. The number of hydrogen-bond donors (Lipinski definition) is 4. The number of nitrogens with zero attached hydrogens (tertiary/aromatic N) is 4. The van der Waals surface area contributed by atoms with Gasteiger partial charge < -0.3 is 25.2 Å². The Kier molecular flexibility index (Phi) is 12.3. The van der Waals surface area contributed by atoms with Crippen LogP contribution < -0.4 is 10.6 Å². The molecule has 0 radical (unpaired) electrons. The smallest absolute Gasteiger partial charge is 0.224 e. The van der Waals surface area contributed by atoms with Crippen LogP contribution in [0.25, 0.3) is 55.8 Å². The van der Waals surface area contributed by atoms with Gasteiger partial charge in [0.15, 0.2) is 11.5 Å². The summed E-state index contributed by atoms with van der Waals surface area (Å²) in [6, 6.07) is 14.6. The van der Waals surface area contributed by atoms with E-state index in [4.69, 9.17) is 14.6 Å². The van der Waals surface area contributed by atoms with Crippen LogP contribution in [0.2, 0.25) is 0 Å². The van der Waals surface area contributed by atoms with Crippen molar-refractivity contribution in [2.24, 2.45) is 0 Å². The number of nitrogens with one attached hydrogen (secondary N) is 4. The highest BCUT2D eigenvalue weighted by atomic mass is 19.1. The third-order valence-corrected chi connectivity index (χ3v) is 6.49. The average molecular weight is 611 g/mol. The van der Waals surface area contributed by atoms with Crippen molar-refractivity contribution in [2.75, 3.05) is 12.4 Å². The molecule has 1 amide bonds. The molecule has 0 saturated carbocycles. The molecule has 0 spiro atoms. The summed E-state index contributed by atoms with van der Waals surface area (Å²) in [6.45, 7) is 10.4. The van der Waals surface area contributed by atoms with Crippen molar-refractivity contribution in [2.45, 2.75) is 33.7 Å². The number of carbonyl (C=O) groups is 3. The first-order chi connectivity index (χ1) is 22.0. The lowest BCUT2D eigenvalue weighted by molar-refractivity contribution is -0.115. The lowest BCUT2D eigenvalue weighted by atomic mass is 10.0. The Balaban J connectivity index is 0.000000870. The summed E-state index contributed by atoms with van der Waals surface area (Å²) >= 11 is 0. The second-order valence-corrected chi connectivity index (χ2v) is 9.22. The van der Waals surface area contributed by atoms with Gasteiger partial charge in [-0.25, -0.2) is 14.4 Å². The summed E-state index contributed by atoms with van der Waals surface area (Å²) in [7, 11) is 1.83. The molecule has 232 valence electrons. The molecule has 0 unspecified atom stereocenters. The van der Waals surface area contributed by atoms with E-state index in [0.29, 0.717) is 35.8 Å². The minimum absolute atomic E-state index is 0.0830. The predicted octanol–water partition coefficient (Wildman–Crippen LogP) is 6.09. The summed E-state index contributed by atoms with van der Waals surface area (Å²) < 4.78 is 14.4. The molecule has 45 heavy (non-hydrogen) atoms. The lowest BCUT2D eigenvalue weighted by Gasteiger charge is -2.07. The number of benzene rings is 2. The van der Waals surface area contributed by atoms with Crippen LogP contribution in [0, 0.1) is 5.82 Å². The maximum atomic E-state index is 14.4. The molecule has 0 atom stereocenters. The first kappa shape index (κ1) is 33.9. The fourth-order valence-electron chi connectivity index (χ4n) is 4.65. The van der Waals surface area contributed by atoms with E-state index in [-0.39, 0.29) is 11.7 Å². The number of halogens is 1. The van der Waals surface area contributed by atoms with Crippen LogP contribution in [0.4, 0.5) is 10.1 Å². The lowest BCUT2D eigenvalue weighted by Crippen LogP contribution is -2.09. The van der Waals surface area contributed by atoms with Crippen molar-refractivity contribution >= 4 is 47.2 Å². The third-order valence-electron chi connectivity index (χ3n) is 6.49. The van der Waals surface area contributed by atoms with Gasteiger partial charge in [-0.15, -0.1) is 0 Å². The Morgan fingerprint density at radius 3 is 2.44 bits per heavy atom. The number of H-pyrrole nitrogens is 2. The second kappa shape index (κ2) is 16.3. The number of rotatable bonds is 7. The van der Waals surface area contributed by atoms with E-state index < -0.39 is 0 Å². The van der Waals surface area contributed by atoms with Gasteiger partial charge in [0.2, 0.25) is 5.91 Å². The van der Waals surface area contributed by atoms with Crippen LogP contribution in [-0.4, -0.2) is 56.7 Å². The quantitative estimate of drug-likeness (QED) is 0.169. The normalized spacial score (nSPS) is 10.2. The third kappa shape index (κ3) is 7.67. The maximum Gasteiger partial charge on any atom is 0.224 e. The molecular formula is C33H35FN8O3. The van der Waals surface area contributed by atoms with E-state index in [2.05, 4.69) is 35.8 Å². The topological polar surface area (TPSA) is 158 Å². The van der Waals surface area contributed by atoms with E-state index >= 15 is 0 Å². The molecule has 0 aliphatic carbocycles. The molecule has 0 saturated heterocycles. The Bertz CT molecular complexity index is 1880. The van der Waals surface area contributed by atoms with Crippen LogP contribution in [-0.2, 0) is 20.9 Å². The second-order valence-electron chi connectivity index (χ2n) is 9.22. The monoisotopic (exact) mass is 610 g/mol. The summed E-state index contributed by atoms with van der Waals surface area (Å²) in [4.78, 5) is 44.9. The minimum Gasteiger partial charge on any atom is -0.337 e. The molecular weight excluding hydrogens is 575 g/mol. The number of amides is 1. The van der Waals surface area contributed by atoms with Crippen LogP contribution in [0.15, 0.2) is 67.1 Å². The summed E-state index contributed by atoms with van der Waals surface area (Å²) in [5.41, 5.74) is 7.44. The standard InChI is InChI=1S/C29H25FN8O.C2H6.2CH2O/c1-3-25(39)34-21-10-18(13-32-15-21)19-11-23-27(37-38-28(23)33-14-19)29-35-24-6-4-5-22(26(24)36-29)17-7-16(12-31-2)8-20(30)9-17;3*1-2/h4-11,13-15,31H,3,12H2,1-2H3,(H,34,39)(H,35,36)(H,33,37,38);1-2H3;2*1H2. The number of para-hydroxylation sites is 1. The van der Waals surface area contributed by atoms with Gasteiger partial charge >= 0.3 is 0 Å². The number of fused-ring (bicyclic) bond motifs is 2. The zero-order valence-electron chi connectivity index (χ0n) is 25.6. The Labute approximate surface area is 259 Å². The molecule has 4 heterocycles. The average Bonchev–Trinajstić information content (AvgIpc) is 3.71. The highest BCUT2D eigenvalue weighted by Crippen LogP contribution is 2.33. The Hall–Kier alpha value is -5.62. The number of aromatic amines is 2. The predicted molar refractivity (Wildman–Crippen MR) is 175 cm³/mol. The van der Waals surface area contributed by atoms with Gasteiger partial charge in [0.05, 0.1) is 28.3 Å². The molecule has 11 nitrogen and oxygen atoms in total. The van der Waals surface area contributed by atoms with Crippen molar-refractivity contribution in [1.82, 2.24) is 35.5 Å². The number of aromatic nitrogens is 6. The molecule has 4 aromatic heterocycles. The number of imidazole rings is 1. The maximum absolute atomic E-state index is 14.4. The van der Waals surface area contributed by atoms with Gasteiger partial charge in [0.25, 0.3) is 0 Å². The first-order valence-electron chi connectivity index (χ1n) is 14.1. The highest BCUT2D eigenvalue weighted by molar-refractivity contribution is 5.97. The number of anilines is 1. The molecule has 6 aromatic rings. The molecule has 0 aliphatic heterocycles. The SMILES string of the molecule is C=O.C=O.CC.CCC(=O)Nc1cncc(-c2cnc3n[nH]c(-c4nc5c(-c6cc(F)cc(CNC)c6)cccc5[nH]4)c3c2)c1. The molecule has 0 bridgehead atoms. The van der Waals surface area contributed by atoms with Crippen LogP contribution in [0.1, 0.15) is 32.8 Å². The summed E-state index contributed by atoms with van der Waals surface area (Å²) in [6.07, 6.45) is 5.43. The molecule has 0 aliphatic rings. The zero-order chi connectivity index (χ0) is 32.9. The number of hydrogen-bond acceptors (Lipinski definition) is 8. The van der Waals surface area contributed by atoms with Gasteiger partial charge in [-0.2, -0.15) is 5.10 Å². The van der Waals surface area contributed by atoms with Gasteiger partial charge in [-0.05, 0) is 54.6 Å². The molecule has 0 fully saturated rings. The molecule has 12 heteroatoms. The number of carbonyl (C=O) groups excluding carboxylic acids is 3. The van der Waals surface area contributed by atoms with Gasteiger partial charge in [0.1, 0.15) is 25.1 Å². The van der Waals surface area contributed by atoms with E-state index in [1.807, 2.05) is 70.9 Å². The van der Waals surface area contributed by atoms with Crippen molar-refractivity contribution in [3.05, 3.63) is 78.5 Å². The molecule has 6 rings (SSSR count). The van der Waals surface area contributed by atoms with E-state index in [1.165, 1.54) is 12.1 Å². The van der Waals surface area contributed by atoms with E-state index in [9.17, 15) is 9.18 Å². The minimum atomic E-state index is -0.295. The van der Waals surface area contributed by atoms with Crippen LogP contribution in [0.5, 0.6) is 0 Å². The summed E-state index contributed by atoms with van der Waals surface area (Å²) in [5, 5.41) is 14.1. The van der Waals surface area contributed by atoms with Crippen LogP contribution in [0.3, 0.4) is 0 Å². The van der Waals surface area contributed by atoms with E-state index in [0.717, 1.165) is 44.2 Å². The van der Waals surface area contributed by atoms with Crippen molar-refractivity contribution < 1.29 is 18.8 Å².